The molecule has 0 N–H and O–H groups in total. The predicted octanol–water partition coefficient (Wildman–Crippen LogP) is 3.39. The van der Waals surface area contributed by atoms with Crippen molar-refractivity contribution < 1.29 is 4.52 Å². The Labute approximate surface area is 75.0 Å². The van der Waals surface area contributed by atoms with Crippen molar-refractivity contribution in [3.8, 4) is 0 Å². The van der Waals surface area contributed by atoms with Gasteiger partial charge in [-0.15, -0.1) is 0 Å². The molecule has 2 heteroatoms. The lowest BCUT2D eigenvalue weighted by Crippen LogP contribution is -1.91. The highest BCUT2D eigenvalue weighted by Gasteiger charge is 2.08. The summed E-state index contributed by atoms with van der Waals surface area (Å²) in [6.07, 6.45) is 2.74. The number of hydrogen-bond acceptors (Lipinski definition) is 2. The summed E-state index contributed by atoms with van der Waals surface area (Å²) in [6.45, 7) is 10.4. The Morgan fingerprint density at radius 2 is 2.00 bits per heavy atom. The minimum absolute atomic E-state index is 0.480. The lowest BCUT2D eigenvalue weighted by atomic mass is 10.1. The van der Waals surface area contributed by atoms with E-state index in [0.29, 0.717) is 5.92 Å². The summed E-state index contributed by atoms with van der Waals surface area (Å²) in [5.74, 6) is 0.480. The number of hydrogen-bond donors (Lipinski definition) is 0. The first-order chi connectivity index (χ1) is 5.75. The van der Waals surface area contributed by atoms with Gasteiger partial charge in [-0.25, -0.2) is 0 Å². The lowest BCUT2D eigenvalue weighted by Gasteiger charge is -1.99. The first kappa shape index (κ1) is 11.2. The summed E-state index contributed by atoms with van der Waals surface area (Å²) in [5, 5.41) is 3.91. The highest BCUT2D eigenvalue weighted by molar-refractivity contribution is 5.17. The fourth-order valence-electron chi connectivity index (χ4n) is 1.01. The molecule has 1 aromatic rings. The third-order valence-corrected chi connectivity index (χ3v) is 1.60. The Hall–Kier alpha value is -0.790. The summed E-state index contributed by atoms with van der Waals surface area (Å²) in [5.41, 5.74) is 2.33. The SMILES string of the molecule is CC.CCc1conc1C(C)C. The van der Waals surface area contributed by atoms with Crippen LogP contribution in [0.4, 0.5) is 0 Å². The van der Waals surface area contributed by atoms with E-state index in [-0.39, 0.29) is 0 Å². The molecule has 70 valence electrons. The molecule has 2 nitrogen and oxygen atoms in total. The summed E-state index contributed by atoms with van der Waals surface area (Å²) < 4.78 is 4.85. The monoisotopic (exact) mass is 169 g/mol. The number of nitrogens with zero attached hydrogens (tertiary/aromatic N) is 1. The molecule has 1 aromatic heterocycles. The zero-order valence-corrected chi connectivity index (χ0v) is 8.72. The van der Waals surface area contributed by atoms with Crippen LogP contribution in [0.15, 0.2) is 10.8 Å². The Morgan fingerprint density at radius 1 is 1.42 bits per heavy atom. The average Bonchev–Trinajstić information content (AvgIpc) is 2.55. The average molecular weight is 169 g/mol. The van der Waals surface area contributed by atoms with Gasteiger partial charge in [0.15, 0.2) is 0 Å². The van der Waals surface area contributed by atoms with Gasteiger partial charge in [0.25, 0.3) is 0 Å². The molecule has 0 saturated carbocycles. The molecule has 0 aromatic carbocycles. The molecule has 0 fully saturated rings. The molecule has 0 unspecified atom stereocenters. The van der Waals surface area contributed by atoms with Crippen LogP contribution >= 0.6 is 0 Å². The first-order valence-corrected chi connectivity index (χ1v) is 4.68. The number of aryl methyl sites for hydroxylation is 1. The van der Waals surface area contributed by atoms with Gasteiger partial charge in [-0.3, -0.25) is 0 Å². The van der Waals surface area contributed by atoms with Crippen LogP contribution in [0.25, 0.3) is 0 Å². The van der Waals surface area contributed by atoms with E-state index < -0.39 is 0 Å². The molecule has 1 heterocycles. The van der Waals surface area contributed by atoms with E-state index in [9.17, 15) is 0 Å². The molecule has 12 heavy (non-hydrogen) atoms. The molecule has 0 radical (unpaired) electrons. The smallest absolute Gasteiger partial charge is 0.127 e. The molecular weight excluding hydrogens is 150 g/mol. The maximum absolute atomic E-state index is 4.85. The van der Waals surface area contributed by atoms with E-state index in [1.807, 2.05) is 13.8 Å². The van der Waals surface area contributed by atoms with Crippen molar-refractivity contribution in [1.82, 2.24) is 5.16 Å². The van der Waals surface area contributed by atoms with E-state index in [0.717, 1.165) is 12.1 Å². The minimum Gasteiger partial charge on any atom is -0.364 e. The normalized spacial score (nSPS) is 9.50. The van der Waals surface area contributed by atoms with Gasteiger partial charge in [0.2, 0.25) is 0 Å². The summed E-state index contributed by atoms with van der Waals surface area (Å²) in [6, 6.07) is 0. The van der Waals surface area contributed by atoms with Crippen LogP contribution < -0.4 is 0 Å². The van der Waals surface area contributed by atoms with Crippen LogP contribution in [0.2, 0.25) is 0 Å². The molecule has 0 spiro atoms. The Morgan fingerprint density at radius 3 is 2.33 bits per heavy atom. The zero-order chi connectivity index (χ0) is 9.56. The molecule has 0 aliphatic heterocycles. The Balaban J connectivity index is 0.000000561. The Bertz CT molecular complexity index is 203. The van der Waals surface area contributed by atoms with Crippen molar-refractivity contribution in [2.24, 2.45) is 0 Å². The van der Waals surface area contributed by atoms with Crippen LogP contribution in [-0.2, 0) is 6.42 Å². The van der Waals surface area contributed by atoms with Crippen molar-refractivity contribution in [3.05, 3.63) is 17.5 Å². The number of aromatic nitrogens is 1. The molecule has 0 aliphatic rings. The summed E-state index contributed by atoms with van der Waals surface area (Å²) >= 11 is 0. The topological polar surface area (TPSA) is 26.0 Å². The fourth-order valence-corrected chi connectivity index (χ4v) is 1.01. The standard InChI is InChI=1S/C8H13NO.C2H6/c1-4-7-5-10-9-8(7)6(2)3;1-2/h5-6H,4H2,1-3H3;1-2H3. The van der Waals surface area contributed by atoms with Crippen LogP contribution in [0.3, 0.4) is 0 Å². The molecule has 0 saturated heterocycles. The van der Waals surface area contributed by atoms with E-state index >= 15 is 0 Å². The van der Waals surface area contributed by atoms with Gasteiger partial charge in [0.05, 0.1) is 5.69 Å². The van der Waals surface area contributed by atoms with E-state index in [1.54, 1.807) is 6.26 Å². The molecular formula is C10H19NO. The van der Waals surface area contributed by atoms with Crippen LogP contribution in [0.5, 0.6) is 0 Å². The number of rotatable bonds is 2. The van der Waals surface area contributed by atoms with E-state index in [1.165, 1.54) is 5.56 Å². The van der Waals surface area contributed by atoms with Gasteiger partial charge in [-0.2, -0.15) is 0 Å². The fraction of sp³-hybridized carbons (Fsp3) is 0.700. The molecule has 0 aliphatic carbocycles. The quantitative estimate of drug-likeness (QED) is 0.678. The largest absolute Gasteiger partial charge is 0.364 e. The summed E-state index contributed by atoms with van der Waals surface area (Å²) in [7, 11) is 0. The molecule has 0 amide bonds. The molecule has 0 bridgehead atoms. The third kappa shape index (κ3) is 2.68. The van der Waals surface area contributed by atoms with Crippen LogP contribution in [0.1, 0.15) is 51.8 Å². The second-order valence-electron chi connectivity index (χ2n) is 2.73. The zero-order valence-electron chi connectivity index (χ0n) is 8.72. The van der Waals surface area contributed by atoms with Crippen molar-refractivity contribution in [2.75, 3.05) is 0 Å². The van der Waals surface area contributed by atoms with Crippen molar-refractivity contribution >= 4 is 0 Å². The Kier molecular flexibility index (Phi) is 5.43. The molecule has 1 rings (SSSR count). The highest BCUT2D eigenvalue weighted by Crippen LogP contribution is 2.17. The lowest BCUT2D eigenvalue weighted by molar-refractivity contribution is 0.408. The van der Waals surface area contributed by atoms with E-state index in [2.05, 4.69) is 25.9 Å². The maximum Gasteiger partial charge on any atom is 0.127 e. The van der Waals surface area contributed by atoms with Crippen LogP contribution in [0, 0.1) is 0 Å². The predicted molar refractivity (Wildman–Crippen MR) is 51.3 cm³/mol. The second-order valence-corrected chi connectivity index (χ2v) is 2.73. The maximum atomic E-state index is 4.85. The van der Waals surface area contributed by atoms with Gasteiger partial charge < -0.3 is 4.52 Å². The van der Waals surface area contributed by atoms with Gasteiger partial charge in [-0.05, 0) is 12.3 Å². The van der Waals surface area contributed by atoms with Gasteiger partial charge in [0, 0.05) is 5.56 Å². The highest BCUT2D eigenvalue weighted by atomic mass is 16.5. The summed E-state index contributed by atoms with van der Waals surface area (Å²) in [4.78, 5) is 0. The van der Waals surface area contributed by atoms with Crippen LogP contribution in [-0.4, -0.2) is 5.16 Å². The van der Waals surface area contributed by atoms with Gasteiger partial charge in [-0.1, -0.05) is 39.8 Å². The van der Waals surface area contributed by atoms with Crippen molar-refractivity contribution in [1.29, 1.82) is 0 Å². The van der Waals surface area contributed by atoms with Gasteiger partial charge in [0.1, 0.15) is 6.26 Å². The minimum atomic E-state index is 0.480. The molecule has 0 atom stereocenters. The van der Waals surface area contributed by atoms with Gasteiger partial charge >= 0.3 is 0 Å². The second kappa shape index (κ2) is 5.81. The van der Waals surface area contributed by atoms with Crippen molar-refractivity contribution in [3.63, 3.8) is 0 Å². The first-order valence-electron chi connectivity index (χ1n) is 4.68. The third-order valence-electron chi connectivity index (χ3n) is 1.60. The van der Waals surface area contributed by atoms with Crippen molar-refractivity contribution in [2.45, 2.75) is 47.0 Å². The van der Waals surface area contributed by atoms with E-state index in [4.69, 9.17) is 4.52 Å².